The fourth-order valence-corrected chi connectivity index (χ4v) is 1.79. The molecule has 2 N–H and O–H groups in total. The molecule has 1 aliphatic rings. The maximum Gasteiger partial charge on any atom is 0.225 e. The first-order chi connectivity index (χ1) is 6.79. The highest BCUT2D eigenvalue weighted by molar-refractivity contribution is 5.31. The molecule has 2 rings (SSSR count). The molecular formula is C10H16N4. The third-order valence-corrected chi connectivity index (χ3v) is 2.68. The second kappa shape index (κ2) is 3.92. The van der Waals surface area contributed by atoms with E-state index >= 15 is 0 Å². The van der Waals surface area contributed by atoms with Gasteiger partial charge in [-0.3, -0.25) is 0 Å². The quantitative estimate of drug-likeness (QED) is 0.744. The standard InChI is InChI=1S/C10H16N4/c1-8-2-4-12-10(13-8)14-5-3-9(6-11)7-14/h2,4,9H,3,5-7,11H2,1H3. The molecule has 0 aromatic carbocycles. The lowest BCUT2D eigenvalue weighted by molar-refractivity contribution is 0.601. The highest BCUT2D eigenvalue weighted by atomic mass is 15.3. The molecule has 1 aromatic heterocycles. The number of hydrogen-bond acceptors (Lipinski definition) is 4. The maximum absolute atomic E-state index is 5.64. The van der Waals surface area contributed by atoms with E-state index in [-0.39, 0.29) is 0 Å². The molecule has 1 unspecified atom stereocenters. The van der Waals surface area contributed by atoms with E-state index in [1.165, 1.54) is 0 Å². The van der Waals surface area contributed by atoms with Gasteiger partial charge in [-0.05, 0) is 31.9 Å². The molecule has 0 saturated carbocycles. The molecule has 14 heavy (non-hydrogen) atoms. The van der Waals surface area contributed by atoms with Crippen molar-refractivity contribution in [2.45, 2.75) is 13.3 Å². The monoisotopic (exact) mass is 192 g/mol. The van der Waals surface area contributed by atoms with Crippen LogP contribution in [0, 0.1) is 12.8 Å². The van der Waals surface area contributed by atoms with Crippen molar-refractivity contribution in [2.75, 3.05) is 24.5 Å². The molecule has 2 heterocycles. The second-order valence-electron chi connectivity index (χ2n) is 3.83. The summed E-state index contributed by atoms with van der Waals surface area (Å²) < 4.78 is 0. The van der Waals surface area contributed by atoms with Crippen LogP contribution in [0.15, 0.2) is 12.3 Å². The molecule has 4 nitrogen and oxygen atoms in total. The van der Waals surface area contributed by atoms with E-state index in [1.54, 1.807) is 0 Å². The largest absolute Gasteiger partial charge is 0.340 e. The van der Waals surface area contributed by atoms with Crippen LogP contribution in [0.2, 0.25) is 0 Å². The lowest BCUT2D eigenvalue weighted by Gasteiger charge is -2.15. The Morgan fingerprint density at radius 3 is 3.14 bits per heavy atom. The fraction of sp³-hybridized carbons (Fsp3) is 0.600. The number of aromatic nitrogens is 2. The van der Waals surface area contributed by atoms with Crippen LogP contribution in [0.5, 0.6) is 0 Å². The van der Waals surface area contributed by atoms with E-state index in [0.29, 0.717) is 5.92 Å². The van der Waals surface area contributed by atoms with E-state index in [1.807, 2.05) is 19.2 Å². The zero-order valence-electron chi connectivity index (χ0n) is 8.48. The van der Waals surface area contributed by atoms with Gasteiger partial charge in [-0.25, -0.2) is 9.97 Å². The van der Waals surface area contributed by atoms with Crippen LogP contribution < -0.4 is 10.6 Å². The van der Waals surface area contributed by atoms with Crippen molar-refractivity contribution in [3.8, 4) is 0 Å². The van der Waals surface area contributed by atoms with Crippen molar-refractivity contribution < 1.29 is 0 Å². The number of nitrogens with two attached hydrogens (primary N) is 1. The smallest absolute Gasteiger partial charge is 0.225 e. The van der Waals surface area contributed by atoms with Gasteiger partial charge in [0.1, 0.15) is 0 Å². The molecule has 1 atom stereocenters. The minimum atomic E-state index is 0.610. The zero-order valence-corrected chi connectivity index (χ0v) is 8.48. The molecule has 76 valence electrons. The molecule has 1 fully saturated rings. The van der Waals surface area contributed by atoms with Crippen LogP contribution in [-0.4, -0.2) is 29.6 Å². The third kappa shape index (κ3) is 1.85. The van der Waals surface area contributed by atoms with Gasteiger partial charge < -0.3 is 10.6 Å². The van der Waals surface area contributed by atoms with Gasteiger partial charge in [0.05, 0.1) is 0 Å². The topological polar surface area (TPSA) is 55.0 Å². The van der Waals surface area contributed by atoms with Gasteiger partial charge in [0, 0.05) is 25.0 Å². The number of rotatable bonds is 2. The summed E-state index contributed by atoms with van der Waals surface area (Å²) in [6.07, 6.45) is 2.97. The SMILES string of the molecule is Cc1ccnc(N2CCC(CN)C2)n1. The Hall–Kier alpha value is -1.16. The third-order valence-electron chi connectivity index (χ3n) is 2.68. The Balaban J connectivity index is 2.09. The fourth-order valence-electron chi connectivity index (χ4n) is 1.79. The van der Waals surface area contributed by atoms with Crippen LogP contribution >= 0.6 is 0 Å². The summed E-state index contributed by atoms with van der Waals surface area (Å²) in [5.41, 5.74) is 6.66. The zero-order chi connectivity index (χ0) is 9.97. The van der Waals surface area contributed by atoms with E-state index in [2.05, 4.69) is 14.9 Å². The van der Waals surface area contributed by atoms with Crippen LogP contribution in [0.25, 0.3) is 0 Å². The van der Waals surface area contributed by atoms with Crippen molar-refractivity contribution >= 4 is 5.95 Å². The van der Waals surface area contributed by atoms with Crippen molar-refractivity contribution in [3.63, 3.8) is 0 Å². The highest BCUT2D eigenvalue weighted by Crippen LogP contribution is 2.19. The molecule has 1 aromatic rings. The average Bonchev–Trinajstić information content (AvgIpc) is 2.66. The van der Waals surface area contributed by atoms with Crippen LogP contribution in [0.1, 0.15) is 12.1 Å². The van der Waals surface area contributed by atoms with Gasteiger partial charge in [-0.1, -0.05) is 0 Å². The number of aryl methyl sites for hydroxylation is 1. The first-order valence-corrected chi connectivity index (χ1v) is 5.04. The van der Waals surface area contributed by atoms with Crippen molar-refractivity contribution in [1.29, 1.82) is 0 Å². The van der Waals surface area contributed by atoms with Gasteiger partial charge in [0.25, 0.3) is 0 Å². The molecule has 4 heteroatoms. The van der Waals surface area contributed by atoms with Gasteiger partial charge in [-0.15, -0.1) is 0 Å². The first-order valence-electron chi connectivity index (χ1n) is 5.04. The summed E-state index contributed by atoms with van der Waals surface area (Å²) in [6.45, 7) is 4.79. The summed E-state index contributed by atoms with van der Waals surface area (Å²) in [7, 11) is 0. The molecule has 0 bridgehead atoms. The molecule has 0 spiro atoms. The summed E-state index contributed by atoms with van der Waals surface area (Å²) in [5.74, 6) is 1.46. The summed E-state index contributed by atoms with van der Waals surface area (Å²) in [5, 5.41) is 0. The summed E-state index contributed by atoms with van der Waals surface area (Å²) >= 11 is 0. The predicted molar refractivity (Wildman–Crippen MR) is 56.1 cm³/mol. The van der Waals surface area contributed by atoms with E-state index in [0.717, 1.165) is 37.7 Å². The Labute approximate surface area is 84.2 Å². The van der Waals surface area contributed by atoms with Gasteiger partial charge in [0.2, 0.25) is 5.95 Å². The summed E-state index contributed by atoms with van der Waals surface area (Å²) in [4.78, 5) is 10.9. The average molecular weight is 192 g/mol. The molecule has 0 radical (unpaired) electrons. The highest BCUT2D eigenvalue weighted by Gasteiger charge is 2.22. The first kappa shape index (κ1) is 9.40. The van der Waals surface area contributed by atoms with Gasteiger partial charge >= 0.3 is 0 Å². The van der Waals surface area contributed by atoms with Crippen LogP contribution in [-0.2, 0) is 0 Å². The van der Waals surface area contributed by atoms with Gasteiger partial charge in [0.15, 0.2) is 0 Å². The lowest BCUT2D eigenvalue weighted by atomic mass is 10.1. The number of nitrogens with zero attached hydrogens (tertiary/aromatic N) is 3. The second-order valence-corrected chi connectivity index (χ2v) is 3.83. The van der Waals surface area contributed by atoms with Crippen molar-refractivity contribution in [1.82, 2.24) is 9.97 Å². The molecule has 0 aliphatic carbocycles. The van der Waals surface area contributed by atoms with Gasteiger partial charge in [-0.2, -0.15) is 0 Å². The lowest BCUT2D eigenvalue weighted by Crippen LogP contribution is -2.24. The van der Waals surface area contributed by atoms with Crippen molar-refractivity contribution in [3.05, 3.63) is 18.0 Å². The van der Waals surface area contributed by atoms with Crippen LogP contribution in [0.3, 0.4) is 0 Å². The Morgan fingerprint density at radius 1 is 1.64 bits per heavy atom. The predicted octanol–water partition coefficient (Wildman–Crippen LogP) is 0.570. The minimum absolute atomic E-state index is 0.610. The molecule has 1 aliphatic heterocycles. The van der Waals surface area contributed by atoms with E-state index < -0.39 is 0 Å². The van der Waals surface area contributed by atoms with E-state index in [4.69, 9.17) is 5.73 Å². The normalized spacial score (nSPS) is 21.6. The van der Waals surface area contributed by atoms with E-state index in [9.17, 15) is 0 Å². The minimum Gasteiger partial charge on any atom is -0.340 e. The molecule has 0 amide bonds. The molecule has 1 saturated heterocycles. The number of hydrogen-bond donors (Lipinski definition) is 1. The molecular weight excluding hydrogens is 176 g/mol. The summed E-state index contributed by atoms with van der Waals surface area (Å²) in [6, 6.07) is 1.92. The Kier molecular flexibility index (Phi) is 2.63. The maximum atomic E-state index is 5.64. The number of anilines is 1. The van der Waals surface area contributed by atoms with Crippen molar-refractivity contribution in [2.24, 2.45) is 11.7 Å². The van der Waals surface area contributed by atoms with Crippen LogP contribution in [0.4, 0.5) is 5.95 Å². The Bertz CT molecular complexity index is 313. The Morgan fingerprint density at radius 2 is 2.50 bits per heavy atom.